The van der Waals surface area contributed by atoms with E-state index in [4.69, 9.17) is 0 Å². The van der Waals surface area contributed by atoms with Crippen LogP contribution in [-0.4, -0.2) is 36.9 Å². The molecule has 5 rings (SSSR count). The molecular formula is C24H24N6O2. The first-order valence-corrected chi connectivity index (χ1v) is 10.8. The number of fused-ring (bicyclic) bond motifs is 1. The molecule has 3 heterocycles. The summed E-state index contributed by atoms with van der Waals surface area (Å²) in [6, 6.07) is 11.4. The average molecular weight is 428 g/mol. The van der Waals surface area contributed by atoms with E-state index in [2.05, 4.69) is 25.6 Å². The Morgan fingerprint density at radius 1 is 1.06 bits per heavy atom. The van der Waals surface area contributed by atoms with E-state index >= 15 is 0 Å². The summed E-state index contributed by atoms with van der Waals surface area (Å²) in [6.07, 6.45) is 8.80. The van der Waals surface area contributed by atoms with E-state index in [1.165, 1.54) is 0 Å². The molecule has 0 unspecified atom stereocenters. The second-order valence-electron chi connectivity index (χ2n) is 8.34. The molecule has 1 aromatic carbocycles. The molecule has 3 aromatic heterocycles. The van der Waals surface area contributed by atoms with Crippen LogP contribution in [0.4, 0.5) is 0 Å². The highest BCUT2D eigenvalue weighted by Gasteiger charge is 2.26. The number of nitrogens with zero attached hydrogens (tertiary/aromatic N) is 4. The van der Waals surface area contributed by atoms with Gasteiger partial charge in [0.25, 0.3) is 11.5 Å². The van der Waals surface area contributed by atoms with Crippen molar-refractivity contribution < 1.29 is 4.79 Å². The number of hydrogen-bond donors (Lipinski definition) is 2. The van der Waals surface area contributed by atoms with Gasteiger partial charge in [0.2, 0.25) is 0 Å². The van der Waals surface area contributed by atoms with Crippen LogP contribution in [-0.2, 0) is 7.05 Å². The van der Waals surface area contributed by atoms with E-state index < -0.39 is 0 Å². The van der Waals surface area contributed by atoms with Gasteiger partial charge in [0.1, 0.15) is 0 Å². The van der Waals surface area contributed by atoms with Crippen LogP contribution in [0.3, 0.4) is 0 Å². The maximum Gasteiger partial charge on any atom is 0.272 e. The minimum absolute atomic E-state index is 0.105. The summed E-state index contributed by atoms with van der Waals surface area (Å²) >= 11 is 0. The van der Waals surface area contributed by atoms with Gasteiger partial charge in [-0.25, -0.2) is 5.10 Å². The van der Waals surface area contributed by atoms with Gasteiger partial charge >= 0.3 is 0 Å². The van der Waals surface area contributed by atoms with Crippen LogP contribution in [0.25, 0.3) is 22.0 Å². The molecule has 0 atom stereocenters. The summed E-state index contributed by atoms with van der Waals surface area (Å²) < 4.78 is 1.72. The number of pyridine rings is 1. The number of aromatic nitrogens is 5. The Balaban J connectivity index is 1.22. The molecule has 4 aromatic rings. The number of aromatic amines is 1. The monoisotopic (exact) mass is 428 g/mol. The minimum atomic E-state index is -0.159. The zero-order valence-corrected chi connectivity index (χ0v) is 17.8. The van der Waals surface area contributed by atoms with Crippen LogP contribution in [0.15, 0.2) is 59.8 Å². The second kappa shape index (κ2) is 8.37. The average Bonchev–Trinajstić information content (AvgIpc) is 3.26. The van der Waals surface area contributed by atoms with Crippen LogP contribution >= 0.6 is 0 Å². The van der Waals surface area contributed by atoms with Crippen molar-refractivity contribution in [2.24, 2.45) is 7.05 Å². The highest BCUT2D eigenvalue weighted by atomic mass is 16.1. The van der Waals surface area contributed by atoms with Crippen molar-refractivity contribution in [3.63, 3.8) is 0 Å². The van der Waals surface area contributed by atoms with Crippen molar-refractivity contribution in [3.05, 3.63) is 76.6 Å². The first-order chi connectivity index (χ1) is 15.6. The minimum Gasteiger partial charge on any atom is -0.349 e. The highest BCUT2D eigenvalue weighted by molar-refractivity contribution is 5.94. The normalized spacial score (nSPS) is 18.5. The van der Waals surface area contributed by atoms with Gasteiger partial charge in [-0.3, -0.25) is 19.3 Å². The van der Waals surface area contributed by atoms with Crippen LogP contribution < -0.4 is 10.9 Å². The number of aryl methyl sites for hydroxylation is 1. The lowest BCUT2D eigenvalue weighted by molar-refractivity contribution is 0.0925. The Morgan fingerprint density at radius 3 is 2.53 bits per heavy atom. The summed E-state index contributed by atoms with van der Waals surface area (Å²) in [5.41, 5.74) is 3.04. The third-order valence-corrected chi connectivity index (χ3v) is 6.20. The molecule has 1 aliphatic carbocycles. The SMILES string of the molecule is Cn1cc(-c2ccc(C(=O)N[C@H]3CC[C@H](c4n[nH]c(=O)c5ccccc54)CC3)cn2)cn1. The molecule has 8 nitrogen and oxygen atoms in total. The molecule has 32 heavy (non-hydrogen) atoms. The lowest BCUT2D eigenvalue weighted by atomic mass is 9.82. The molecule has 0 spiro atoms. The smallest absolute Gasteiger partial charge is 0.272 e. The van der Waals surface area contributed by atoms with Gasteiger partial charge in [0.15, 0.2) is 0 Å². The van der Waals surface area contributed by atoms with E-state index in [1.807, 2.05) is 43.6 Å². The van der Waals surface area contributed by atoms with Gasteiger partial charge < -0.3 is 5.32 Å². The summed E-state index contributed by atoms with van der Waals surface area (Å²) in [5, 5.41) is 15.9. The number of carbonyl (C=O) groups is 1. The van der Waals surface area contributed by atoms with E-state index in [0.29, 0.717) is 10.9 Å². The van der Waals surface area contributed by atoms with E-state index in [9.17, 15) is 9.59 Å². The van der Waals surface area contributed by atoms with Crippen molar-refractivity contribution in [2.75, 3.05) is 0 Å². The molecule has 0 saturated heterocycles. The molecule has 1 fully saturated rings. The van der Waals surface area contributed by atoms with Gasteiger partial charge in [-0.1, -0.05) is 18.2 Å². The molecule has 162 valence electrons. The summed E-state index contributed by atoms with van der Waals surface area (Å²) in [5.74, 6) is 0.164. The molecule has 1 saturated carbocycles. The largest absolute Gasteiger partial charge is 0.349 e. The first-order valence-electron chi connectivity index (χ1n) is 10.8. The van der Waals surface area contributed by atoms with Crippen LogP contribution in [0.2, 0.25) is 0 Å². The number of benzene rings is 1. The third kappa shape index (κ3) is 3.91. The van der Waals surface area contributed by atoms with E-state index in [-0.39, 0.29) is 23.4 Å². The molecule has 0 radical (unpaired) electrons. The maximum atomic E-state index is 12.7. The van der Waals surface area contributed by atoms with Crippen molar-refractivity contribution in [1.82, 2.24) is 30.3 Å². The van der Waals surface area contributed by atoms with Gasteiger partial charge in [0, 0.05) is 42.4 Å². The summed E-state index contributed by atoms with van der Waals surface area (Å²) in [7, 11) is 1.86. The Morgan fingerprint density at radius 2 is 1.84 bits per heavy atom. The highest BCUT2D eigenvalue weighted by Crippen LogP contribution is 2.34. The van der Waals surface area contributed by atoms with Gasteiger partial charge in [-0.05, 0) is 43.9 Å². The molecule has 8 heteroatoms. The fourth-order valence-electron chi connectivity index (χ4n) is 4.48. The Hall–Kier alpha value is -3.81. The zero-order valence-electron chi connectivity index (χ0n) is 17.8. The van der Waals surface area contributed by atoms with Crippen LogP contribution in [0.5, 0.6) is 0 Å². The van der Waals surface area contributed by atoms with E-state index in [0.717, 1.165) is 48.0 Å². The molecular weight excluding hydrogens is 404 g/mol. The van der Waals surface area contributed by atoms with Crippen LogP contribution in [0.1, 0.15) is 47.7 Å². The van der Waals surface area contributed by atoms with Gasteiger partial charge in [-0.2, -0.15) is 10.2 Å². The predicted octanol–water partition coefficient (Wildman–Crippen LogP) is 3.17. The third-order valence-electron chi connectivity index (χ3n) is 6.20. The fourth-order valence-corrected chi connectivity index (χ4v) is 4.48. The first kappa shape index (κ1) is 20.1. The number of amides is 1. The molecule has 0 aliphatic heterocycles. The maximum absolute atomic E-state index is 12.7. The molecule has 1 amide bonds. The number of H-pyrrole nitrogens is 1. The lowest BCUT2D eigenvalue weighted by Gasteiger charge is -2.29. The second-order valence-corrected chi connectivity index (χ2v) is 8.34. The van der Waals surface area contributed by atoms with Gasteiger partial charge in [0.05, 0.1) is 28.5 Å². The number of hydrogen-bond acceptors (Lipinski definition) is 5. The van der Waals surface area contributed by atoms with Crippen LogP contribution in [0, 0.1) is 0 Å². The summed E-state index contributed by atoms with van der Waals surface area (Å²) in [4.78, 5) is 29.2. The van der Waals surface area contributed by atoms with Crippen molar-refractivity contribution in [2.45, 2.75) is 37.6 Å². The zero-order chi connectivity index (χ0) is 22.1. The van der Waals surface area contributed by atoms with Crippen molar-refractivity contribution in [3.8, 4) is 11.3 Å². The Bertz CT molecular complexity index is 1320. The van der Waals surface area contributed by atoms with Gasteiger partial charge in [-0.15, -0.1) is 0 Å². The standard InChI is InChI=1S/C24H24N6O2/c1-30-14-17(13-26-30)21-11-8-16(12-25-21)23(31)27-18-9-6-15(7-10-18)22-19-4-2-3-5-20(19)24(32)29-28-22/h2-5,8,11-15,18H,6-7,9-10H2,1H3,(H,27,31)(H,29,32)/t15-,18-. The fraction of sp³-hybridized carbons (Fsp3) is 0.292. The lowest BCUT2D eigenvalue weighted by Crippen LogP contribution is -2.37. The Kier molecular flexibility index (Phi) is 5.26. The van der Waals surface area contributed by atoms with Crippen molar-refractivity contribution in [1.29, 1.82) is 0 Å². The van der Waals surface area contributed by atoms with E-state index in [1.54, 1.807) is 23.1 Å². The summed E-state index contributed by atoms with van der Waals surface area (Å²) in [6.45, 7) is 0. The quantitative estimate of drug-likeness (QED) is 0.519. The molecule has 2 N–H and O–H groups in total. The molecule has 0 bridgehead atoms. The number of rotatable bonds is 4. The number of carbonyl (C=O) groups excluding carboxylic acids is 1. The molecule has 1 aliphatic rings. The number of nitrogens with one attached hydrogen (secondary N) is 2. The Labute approximate surface area is 184 Å². The topological polar surface area (TPSA) is 106 Å². The van der Waals surface area contributed by atoms with Crippen molar-refractivity contribution >= 4 is 16.7 Å². The predicted molar refractivity (Wildman–Crippen MR) is 121 cm³/mol.